The topological polar surface area (TPSA) is 80.4 Å². The molecule has 0 aromatic rings. The van der Waals surface area contributed by atoms with Gasteiger partial charge < -0.3 is 10.8 Å². The SMILES string of the molecule is CC1CCC=CC1=O.C[C@H](N)C(=O)O. The molecule has 2 atom stereocenters. The number of ketones is 1. The molecule has 0 saturated carbocycles. The van der Waals surface area contributed by atoms with Gasteiger partial charge in [-0.1, -0.05) is 13.0 Å². The van der Waals surface area contributed by atoms with Gasteiger partial charge in [0.2, 0.25) is 0 Å². The molecule has 14 heavy (non-hydrogen) atoms. The number of carboxylic acids is 1. The fraction of sp³-hybridized carbons (Fsp3) is 0.600. The Labute approximate surface area is 83.8 Å². The van der Waals surface area contributed by atoms with Crippen LogP contribution in [0.2, 0.25) is 0 Å². The molecule has 0 amide bonds. The number of allylic oxidation sites excluding steroid dienone is 2. The quantitative estimate of drug-likeness (QED) is 0.659. The molecule has 1 rings (SSSR count). The van der Waals surface area contributed by atoms with Crippen LogP contribution >= 0.6 is 0 Å². The van der Waals surface area contributed by atoms with E-state index < -0.39 is 12.0 Å². The van der Waals surface area contributed by atoms with Crippen LogP contribution in [-0.2, 0) is 9.59 Å². The maximum absolute atomic E-state index is 10.7. The van der Waals surface area contributed by atoms with Gasteiger partial charge in [0.05, 0.1) is 0 Å². The largest absolute Gasteiger partial charge is 0.480 e. The Morgan fingerprint density at radius 2 is 2.21 bits per heavy atom. The summed E-state index contributed by atoms with van der Waals surface area (Å²) in [5.41, 5.74) is 4.84. The van der Waals surface area contributed by atoms with Crippen molar-refractivity contribution in [2.75, 3.05) is 0 Å². The molecule has 80 valence electrons. The number of rotatable bonds is 1. The summed E-state index contributed by atoms with van der Waals surface area (Å²) in [4.78, 5) is 20.3. The molecule has 0 heterocycles. The van der Waals surface area contributed by atoms with Crippen LogP contribution in [-0.4, -0.2) is 22.9 Å². The maximum Gasteiger partial charge on any atom is 0.320 e. The summed E-state index contributed by atoms with van der Waals surface area (Å²) >= 11 is 0. The Kier molecular flexibility index (Phi) is 5.79. The summed E-state index contributed by atoms with van der Waals surface area (Å²) in [5.74, 6) is -0.397. The van der Waals surface area contributed by atoms with Crippen LogP contribution in [0.25, 0.3) is 0 Å². The first kappa shape index (κ1) is 12.8. The normalized spacial score (nSPS) is 22.2. The second-order valence-corrected chi connectivity index (χ2v) is 3.41. The predicted octanol–water partition coefficient (Wildman–Crippen LogP) is 0.960. The molecule has 0 radical (unpaired) electrons. The average molecular weight is 199 g/mol. The van der Waals surface area contributed by atoms with Crippen molar-refractivity contribution in [1.29, 1.82) is 0 Å². The predicted molar refractivity (Wildman–Crippen MR) is 53.8 cm³/mol. The van der Waals surface area contributed by atoms with E-state index in [1.165, 1.54) is 6.92 Å². The van der Waals surface area contributed by atoms with E-state index in [1.807, 2.05) is 13.0 Å². The number of hydrogen-bond acceptors (Lipinski definition) is 3. The van der Waals surface area contributed by atoms with Crippen LogP contribution in [0.3, 0.4) is 0 Å². The number of aliphatic carboxylic acids is 1. The summed E-state index contributed by atoms with van der Waals surface area (Å²) < 4.78 is 0. The van der Waals surface area contributed by atoms with Gasteiger partial charge in [-0.05, 0) is 25.8 Å². The van der Waals surface area contributed by atoms with Crippen LogP contribution in [0.1, 0.15) is 26.7 Å². The van der Waals surface area contributed by atoms with Crippen LogP contribution in [0.4, 0.5) is 0 Å². The van der Waals surface area contributed by atoms with Crippen LogP contribution < -0.4 is 5.73 Å². The third-order valence-electron chi connectivity index (χ3n) is 1.92. The Morgan fingerprint density at radius 1 is 1.71 bits per heavy atom. The molecule has 0 saturated heterocycles. The molecule has 4 nitrogen and oxygen atoms in total. The summed E-state index contributed by atoms with van der Waals surface area (Å²) in [6.45, 7) is 3.40. The van der Waals surface area contributed by atoms with Gasteiger partial charge in [-0.2, -0.15) is 0 Å². The monoisotopic (exact) mass is 199 g/mol. The molecule has 0 spiro atoms. The molecule has 0 aromatic heterocycles. The minimum Gasteiger partial charge on any atom is -0.480 e. The van der Waals surface area contributed by atoms with Crippen molar-refractivity contribution >= 4 is 11.8 Å². The molecule has 1 aliphatic rings. The number of hydrogen-bond donors (Lipinski definition) is 2. The lowest BCUT2D eigenvalue weighted by molar-refractivity contribution is -0.138. The molecule has 1 aliphatic carbocycles. The standard InChI is InChI=1S/C7H10O.C3H7NO2/c1-6-4-2-3-5-7(6)8;1-2(4)3(5)6/h3,5-6H,2,4H2,1H3;2H,4H2,1H3,(H,5,6)/t;2-/m.0/s1. The number of carbonyl (C=O) groups is 2. The minimum absolute atomic E-state index is 0.278. The van der Waals surface area contributed by atoms with Crippen molar-refractivity contribution < 1.29 is 14.7 Å². The van der Waals surface area contributed by atoms with Gasteiger partial charge in [0.1, 0.15) is 6.04 Å². The fourth-order valence-corrected chi connectivity index (χ4v) is 0.852. The molecule has 0 aromatic carbocycles. The zero-order chi connectivity index (χ0) is 11.1. The lowest BCUT2D eigenvalue weighted by atomic mass is 9.95. The van der Waals surface area contributed by atoms with Crippen molar-refractivity contribution in [1.82, 2.24) is 0 Å². The van der Waals surface area contributed by atoms with E-state index in [-0.39, 0.29) is 11.7 Å². The zero-order valence-electron chi connectivity index (χ0n) is 8.56. The molecule has 0 aliphatic heterocycles. The van der Waals surface area contributed by atoms with Crippen molar-refractivity contribution in [2.24, 2.45) is 11.7 Å². The smallest absolute Gasteiger partial charge is 0.320 e. The van der Waals surface area contributed by atoms with Crippen molar-refractivity contribution in [3.63, 3.8) is 0 Å². The molecule has 0 bridgehead atoms. The zero-order valence-corrected chi connectivity index (χ0v) is 8.56. The van der Waals surface area contributed by atoms with Gasteiger partial charge in [-0.15, -0.1) is 0 Å². The highest BCUT2D eigenvalue weighted by Gasteiger charge is 2.11. The first-order chi connectivity index (χ1) is 6.45. The van der Waals surface area contributed by atoms with Gasteiger partial charge in [-0.25, -0.2) is 0 Å². The summed E-state index contributed by atoms with van der Waals surface area (Å²) in [6, 6.07) is -0.731. The van der Waals surface area contributed by atoms with E-state index in [0.717, 1.165) is 12.8 Å². The van der Waals surface area contributed by atoms with Gasteiger partial charge in [0.25, 0.3) is 0 Å². The lowest BCUT2D eigenvalue weighted by Gasteiger charge is -2.08. The van der Waals surface area contributed by atoms with E-state index in [2.05, 4.69) is 0 Å². The Hall–Kier alpha value is -1.16. The Bertz CT molecular complexity index is 234. The van der Waals surface area contributed by atoms with Crippen LogP contribution in [0.15, 0.2) is 12.2 Å². The highest BCUT2D eigenvalue weighted by atomic mass is 16.4. The minimum atomic E-state index is -0.963. The van der Waals surface area contributed by atoms with Gasteiger partial charge in [0.15, 0.2) is 5.78 Å². The van der Waals surface area contributed by atoms with Gasteiger partial charge in [-0.3, -0.25) is 9.59 Å². The third kappa shape index (κ3) is 5.48. The van der Waals surface area contributed by atoms with E-state index in [9.17, 15) is 9.59 Å². The second kappa shape index (κ2) is 6.32. The van der Waals surface area contributed by atoms with Crippen molar-refractivity contribution in [2.45, 2.75) is 32.7 Å². The lowest BCUT2D eigenvalue weighted by Crippen LogP contribution is -2.25. The van der Waals surface area contributed by atoms with Crippen LogP contribution in [0, 0.1) is 5.92 Å². The Balaban J connectivity index is 0.000000255. The van der Waals surface area contributed by atoms with E-state index in [4.69, 9.17) is 10.8 Å². The summed E-state index contributed by atoms with van der Waals surface area (Å²) in [6.07, 6.45) is 5.75. The fourth-order valence-electron chi connectivity index (χ4n) is 0.852. The van der Waals surface area contributed by atoms with Crippen molar-refractivity contribution in [3.05, 3.63) is 12.2 Å². The highest BCUT2D eigenvalue weighted by Crippen LogP contribution is 2.12. The van der Waals surface area contributed by atoms with E-state index in [0.29, 0.717) is 0 Å². The molecule has 3 N–H and O–H groups in total. The van der Waals surface area contributed by atoms with Crippen LogP contribution in [0.5, 0.6) is 0 Å². The number of nitrogens with two attached hydrogens (primary N) is 1. The van der Waals surface area contributed by atoms with E-state index in [1.54, 1.807) is 6.08 Å². The average Bonchev–Trinajstić information content (AvgIpc) is 2.11. The first-order valence-corrected chi connectivity index (χ1v) is 4.64. The van der Waals surface area contributed by atoms with Gasteiger partial charge >= 0.3 is 5.97 Å². The number of carbonyl (C=O) groups excluding carboxylic acids is 1. The van der Waals surface area contributed by atoms with Gasteiger partial charge in [0, 0.05) is 5.92 Å². The second-order valence-electron chi connectivity index (χ2n) is 3.41. The molecular formula is C10H17NO3. The first-order valence-electron chi connectivity index (χ1n) is 4.64. The van der Waals surface area contributed by atoms with Crippen molar-refractivity contribution in [3.8, 4) is 0 Å². The summed E-state index contributed by atoms with van der Waals surface area (Å²) in [7, 11) is 0. The third-order valence-corrected chi connectivity index (χ3v) is 1.92. The molecular weight excluding hydrogens is 182 g/mol. The highest BCUT2D eigenvalue weighted by molar-refractivity contribution is 5.92. The molecule has 1 unspecified atom stereocenters. The molecule has 0 fully saturated rings. The van der Waals surface area contributed by atoms with E-state index >= 15 is 0 Å². The molecule has 4 heteroatoms. The summed E-state index contributed by atoms with van der Waals surface area (Å²) in [5, 5.41) is 7.87. The number of carboxylic acid groups (broad SMARTS) is 1. The Morgan fingerprint density at radius 3 is 2.43 bits per heavy atom. The maximum atomic E-state index is 10.7.